The molecule has 1 unspecified atom stereocenters. The lowest BCUT2D eigenvalue weighted by Crippen LogP contribution is -2.06. The molecule has 2 aromatic heterocycles. The van der Waals surface area contributed by atoms with Crippen LogP contribution in [-0.2, 0) is 6.18 Å². The Bertz CT molecular complexity index is 1170. The van der Waals surface area contributed by atoms with Crippen LogP contribution in [0.4, 0.5) is 13.2 Å². The summed E-state index contributed by atoms with van der Waals surface area (Å²) < 4.78 is 41.6. The molecule has 4 aromatic rings. The van der Waals surface area contributed by atoms with Gasteiger partial charge in [-0.3, -0.25) is 9.55 Å². The van der Waals surface area contributed by atoms with E-state index >= 15 is 0 Å². The summed E-state index contributed by atoms with van der Waals surface area (Å²) in [4.78, 5) is 8.72. The number of pyridine rings is 1. The minimum absolute atomic E-state index is 0.155. The van der Waals surface area contributed by atoms with Gasteiger partial charge in [0.1, 0.15) is 5.69 Å². The molecule has 0 amide bonds. The van der Waals surface area contributed by atoms with Crippen LogP contribution in [0.1, 0.15) is 24.2 Å². The molecule has 0 bridgehead atoms. The fraction of sp³-hybridized carbons (Fsp3) is 0.143. The third-order valence-corrected chi connectivity index (χ3v) is 4.89. The Morgan fingerprint density at radius 2 is 1.79 bits per heavy atom. The van der Waals surface area contributed by atoms with Gasteiger partial charge in [0.25, 0.3) is 0 Å². The summed E-state index contributed by atoms with van der Waals surface area (Å²) >= 11 is 5.96. The van der Waals surface area contributed by atoms with Crippen molar-refractivity contribution in [3.05, 3.63) is 76.9 Å². The van der Waals surface area contributed by atoms with Gasteiger partial charge in [-0.1, -0.05) is 29.8 Å². The summed E-state index contributed by atoms with van der Waals surface area (Å²) in [7, 11) is 0. The molecule has 0 aliphatic rings. The van der Waals surface area contributed by atoms with E-state index < -0.39 is 22.9 Å². The van der Waals surface area contributed by atoms with Crippen LogP contribution in [-0.4, -0.2) is 19.6 Å². The highest BCUT2D eigenvalue weighted by molar-refractivity contribution is 6.32. The molecule has 4 nitrogen and oxygen atoms in total. The molecule has 1 N–H and O–H groups in total. The van der Waals surface area contributed by atoms with E-state index in [2.05, 4.69) is 9.97 Å². The van der Waals surface area contributed by atoms with Gasteiger partial charge in [0.2, 0.25) is 0 Å². The molecule has 0 aliphatic heterocycles. The minimum atomic E-state index is -4.58. The highest BCUT2D eigenvalue weighted by Gasteiger charge is 2.34. The normalized spacial score (nSPS) is 13.0. The number of alkyl halides is 3. The van der Waals surface area contributed by atoms with E-state index in [0.717, 1.165) is 11.6 Å². The number of halogens is 4. The Kier molecular flexibility index (Phi) is 4.80. The number of aliphatic hydroxyl groups is 1. The molecule has 4 rings (SSSR count). The lowest BCUT2D eigenvalue weighted by Gasteiger charge is -2.12. The molecule has 0 aliphatic carbocycles. The number of hydrogen-bond acceptors (Lipinski definition) is 3. The fourth-order valence-corrected chi connectivity index (χ4v) is 3.41. The van der Waals surface area contributed by atoms with Crippen LogP contribution in [0.25, 0.3) is 28.2 Å². The predicted octanol–water partition coefficient (Wildman–Crippen LogP) is 5.81. The van der Waals surface area contributed by atoms with Gasteiger partial charge in [0, 0.05) is 11.9 Å². The van der Waals surface area contributed by atoms with Crippen molar-refractivity contribution in [2.24, 2.45) is 0 Å². The first-order valence-corrected chi connectivity index (χ1v) is 9.12. The minimum Gasteiger partial charge on any atom is -0.389 e. The summed E-state index contributed by atoms with van der Waals surface area (Å²) in [6.07, 6.45) is -3.63. The molecule has 0 radical (unpaired) electrons. The quantitative estimate of drug-likeness (QED) is 0.457. The van der Waals surface area contributed by atoms with Crippen LogP contribution in [0.5, 0.6) is 0 Å². The summed E-state index contributed by atoms with van der Waals surface area (Å²) in [6.45, 7) is 1.65. The zero-order valence-corrected chi connectivity index (χ0v) is 15.9. The SMILES string of the molecule is CC(O)c1ccc(-n2c(-c3ccccn3)nc3cc(C(F)(F)F)c(Cl)cc32)cc1. The smallest absolute Gasteiger partial charge is 0.389 e. The van der Waals surface area contributed by atoms with Crippen LogP contribution in [0.2, 0.25) is 5.02 Å². The van der Waals surface area contributed by atoms with Gasteiger partial charge in [0.05, 0.1) is 27.7 Å². The van der Waals surface area contributed by atoms with Gasteiger partial charge in [-0.15, -0.1) is 0 Å². The topological polar surface area (TPSA) is 50.9 Å². The van der Waals surface area contributed by atoms with E-state index in [-0.39, 0.29) is 5.52 Å². The monoisotopic (exact) mass is 417 g/mol. The second-order valence-corrected chi connectivity index (χ2v) is 6.98. The number of imidazole rings is 1. The van der Waals surface area contributed by atoms with E-state index in [1.807, 2.05) is 0 Å². The highest BCUT2D eigenvalue weighted by atomic mass is 35.5. The standard InChI is InChI=1S/C21H15ClF3N3O/c1-12(29)13-5-7-14(8-6-13)28-19-11-16(22)15(21(23,24)25)10-18(19)27-20(28)17-4-2-3-9-26-17/h2-12,29H,1H3. The Hall–Kier alpha value is -2.90. The van der Waals surface area contributed by atoms with E-state index in [0.29, 0.717) is 22.7 Å². The number of aliphatic hydroxyl groups excluding tert-OH is 1. The number of fused-ring (bicyclic) bond motifs is 1. The zero-order chi connectivity index (χ0) is 20.8. The van der Waals surface area contributed by atoms with Crippen molar-refractivity contribution >= 4 is 22.6 Å². The maximum Gasteiger partial charge on any atom is 0.417 e. The van der Waals surface area contributed by atoms with Crippen molar-refractivity contribution in [2.75, 3.05) is 0 Å². The first-order chi connectivity index (χ1) is 13.8. The molecule has 148 valence electrons. The molecule has 29 heavy (non-hydrogen) atoms. The van der Waals surface area contributed by atoms with Gasteiger partial charge in [-0.25, -0.2) is 4.98 Å². The van der Waals surface area contributed by atoms with Crippen molar-refractivity contribution in [1.82, 2.24) is 14.5 Å². The van der Waals surface area contributed by atoms with E-state index in [1.165, 1.54) is 6.07 Å². The van der Waals surface area contributed by atoms with Crippen molar-refractivity contribution < 1.29 is 18.3 Å². The second-order valence-electron chi connectivity index (χ2n) is 6.57. The van der Waals surface area contributed by atoms with Crippen LogP contribution in [0.3, 0.4) is 0 Å². The predicted molar refractivity (Wildman–Crippen MR) is 105 cm³/mol. The lowest BCUT2D eigenvalue weighted by atomic mass is 10.1. The molecule has 2 heterocycles. The van der Waals surface area contributed by atoms with Crippen LogP contribution < -0.4 is 0 Å². The summed E-state index contributed by atoms with van der Waals surface area (Å²) in [6, 6.07) is 14.5. The number of benzene rings is 2. The van der Waals surface area contributed by atoms with Crippen LogP contribution in [0.15, 0.2) is 60.8 Å². The van der Waals surface area contributed by atoms with Crippen LogP contribution in [0, 0.1) is 0 Å². The molecular formula is C21H15ClF3N3O. The summed E-state index contributed by atoms with van der Waals surface area (Å²) in [5.41, 5.74) is 1.53. The molecule has 0 saturated carbocycles. The maximum absolute atomic E-state index is 13.3. The molecular weight excluding hydrogens is 403 g/mol. The third-order valence-electron chi connectivity index (χ3n) is 4.58. The number of aromatic nitrogens is 3. The number of rotatable bonds is 3. The van der Waals surface area contributed by atoms with Crippen molar-refractivity contribution in [3.63, 3.8) is 0 Å². The molecule has 0 spiro atoms. The molecule has 0 fully saturated rings. The van der Waals surface area contributed by atoms with Crippen molar-refractivity contribution in [2.45, 2.75) is 19.2 Å². The molecule has 1 atom stereocenters. The Morgan fingerprint density at radius 1 is 1.07 bits per heavy atom. The molecule has 8 heteroatoms. The Balaban J connectivity index is 2.01. The second kappa shape index (κ2) is 7.17. The average molecular weight is 418 g/mol. The fourth-order valence-electron chi connectivity index (χ4n) is 3.15. The number of hydrogen-bond donors (Lipinski definition) is 1. The largest absolute Gasteiger partial charge is 0.417 e. The van der Waals surface area contributed by atoms with Crippen molar-refractivity contribution in [1.29, 1.82) is 0 Å². The zero-order valence-electron chi connectivity index (χ0n) is 15.2. The average Bonchev–Trinajstić information content (AvgIpc) is 3.05. The van der Waals surface area contributed by atoms with Crippen molar-refractivity contribution in [3.8, 4) is 17.2 Å². The van der Waals surface area contributed by atoms with Crippen LogP contribution >= 0.6 is 11.6 Å². The van der Waals surface area contributed by atoms with E-state index in [4.69, 9.17) is 11.6 Å². The van der Waals surface area contributed by atoms with Gasteiger partial charge < -0.3 is 5.11 Å². The summed E-state index contributed by atoms with van der Waals surface area (Å²) in [5, 5.41) is 9.34. The summed E-state index contributed by atoms with van der Waals surface area (Å²) in [5.74, 6) is 0.390. The Labute approximate surface area is 169 Å². The van der Waals surface area contributed by atoms with E-state index in [1.54, 1.807) is 60.2 Å². The van der Waals surface area contributed by atoms with Gasteiger partial charge in [-0.05, 0) is 48.9 Å². The van der Waals surface area contributed by atoms with Gasteiger partial charge >= 0.3 is 6.18 Å². The Morgan fingerprint density at radius 3 is 2.38 bits per heavy atom. The first kappa shape index (κ1) is 19.4. The van der Waals surface area contributed by atoms with E-state index in [9.17, 15) is 18.3 Å². The molecule has 2 aromatic carbocycles. The van der Waals surface area contributed by atoms with Gasteiger partial charge in [0.15, 0.2) is 5.82 Å². The first-order valence-electron chi connectivity index (χ1n) is 8.74. The third kappa shape index (κ3) is 3.59. The maximum atomic E-state index is 13.3. The lowest BCUT2D eigenvalue weighted by molar-refractivity contribution is -0.137. The van der Waals surface area contributed by atoms with Gasteiger partial charge in [-0.2, -0.15) is 13.2 Å². The molecule has 0 saturated heterocycles. The number of nitrogens with zero attached hydrogens (tertiary/aromatic N) is 3. The highest BCUT2D eigenvalue weighted by Crippen LogP contribution is 2.38.